The van der Waals surface area contributed by atoms with Crippen LogP contribution in [0.5, 0.6) is 0 Å². The summed E-state index contributed by atoms with van der Waals surface area (Å²) in [7, 11) is -0.982. The summed E-state index contributed by atoms with van der Waals surface area (Å²) in [4.78, 5) is 9.87. The van der Waals surface area contributed by atoms with Crippen LogP contribution in [0, 0.1) is 5.92 Å². The third-order valence-electron chi connectivity index (χ3n) is 4.93. The Hall–Kier alpha value is -1.88. The van der Waals surface area contributed by atoms with Gasteiger partial charge in [-0.2, -0.15) is 0 Å². The lowest BCUT2D eigenvalue weighted by atomic mass is 9.99. The first-order valence-electron chi connectivity index (χ1n) is 10.5. The molecule has 4 nitrogen and oxygen atoms in total. The lowest BCUT2D eigenvalue weighted by molar-refractivity contribution is 0.276. The zero-order valence-electron chi connectivity index (χ0n) is 18.4. The highest BCUT2D eigenvalue weighted by Crippen LogP contribution is 2.21. The van der Waals surface area contributed by atoms with Crippen molar-refractivity contribution in [2.24, 2.45) is 15.9 Å². The van der Waals surface area contributed by atoms with Gasteiger partial charge in [0.1, 0.15) is 12.1 Å². The third-order valence-corrected chi connectivity index (χ3v) is 6.71. The zero-order valence-corrected chi connectivity index (χ0v) is 19.5. The van der Waals surface area contributed by atoms with Gasteiger partial charge in [-0.1, -0.05) is 56.4 Å². The first-order valence-corrected chi connectivity index (χ1v) is 13.4. The van der Waals surface area contributed by atoms with Gasteiger partial charge in [0, 0.05) is 6.42 Å². The lowest BCUT2D eigenvalue weighted by Gasteiger charge is -2.28. The summed E-state index contributed by atoms with van der Waals surface area (Å²) < 4.78 is 11.8. The molecule has 1 heterocycles. The average Bonchev–Trinajstić information content (AvgIpc) is 2.65. The standard InChI is InChI=1S/C23H36N2O2Si/c1-8-11-17-12-13-18(20(14-17)28(6)7)15-19-22(26-9-2)25-21(16(4)5)23(24-19)27-10-3/h8,12-14,16,19,21,28H,1,9-11,15H2,2-7H3/t19-,21+/m0/s1. The highest BCUT2D eigenvalue weighted by Gasteiger charge is 2.32. The van der Waals surface area contributed by atoms with Crippen molar-refractivity contribution < 1.29 is 9.47 Å². The molecular weight excluding hydrogens is 364 g/mol. The van der Waals surface area contributed by atoms with E-state index >= 15 is 0 Å². The molecule has 0 fully saturated rings. The average molecular weight is 401 g/mol. The second-order valence-electron chi connectivity index (χ2n) is 7.89. The van der Waals surface area contributed by atoms with Crippen molar-refractivity contribution >= 4 is 25.8 Å². The molecule has 5 heteroatoms. The van der Waals surface area contributed by atoms with Gasteiger partial charge >= 0.3 is 0 Å². The van der Waals surface area contributed by atoms with Crippen LogP contribution in [0.1, 0.15) is 38.8 Å². The van der Waals surface area contributed by atoms with Crippen LogP contribution in [0.4, 0.5) is 0 Å². The van der Waals surface area contributed by atoms with E-state index in [1.54, 1.807) is 0 Å². The number of hydrogen-bond donors (Lipinski definition) is 0. The fraction of sp³-hybridized carbons (Fsp3) is 0.565. The number of aliphatic imine (C=N–C) groups is 2. The quantitative estimate of drug-likeness (QED) is 0.490. The van der Waals surface area contributed by atoms with Crippen LogP contribution in [0.2, 0.25) is 13.1 Å². The van der Waals surface area contributed by atoms with Gasteiger partial charge in [0.05, 0.1) is 22.0 Å². The number of ether oxygens (including phenoxy) is 2. The molecule has 0 bridgehead atoms. The van der Waals surface area contributed by atoms with Crippen molar-refractivity contribution in [2.45, 2.75) is 65.7 Å². The molecule has 0 saturated heterocycles. The normalized spacial score (nSPS) is 19.4. The van der Waals surface area contributed by atoms with Crippen molar-refractivity contribution in [3.63, 3.8) is 0 Å². The fourth-order valence-electron chi connectivity index (χ4n) is 3.55. The molecule has 2 rings (SSSR count). The van der Waals surface area contributed by atoms with E-state index in [0.717, 1.165) is 24.6 Å². The molecule has 0 aliphatic carbocycles. The summed E-state index contributed by atoms with van der Waals surface area (Å²) in [6.45, 7) is 18.1. The first-order chi connectivity index (χ1) is 13.4. The molecule has 1 aromatic carbocycles. The van der Waals surface area contributed by atoms with Crippen LogP contribution in [0.3, 0.4) is 0 Å². The van der Waals surface area contributed by atoms with E-state index < -0.39 is 8.80 Å². The molecule has 2 atom stereocenters. The summed E-state index contributed by atoms with van der Waals surface area (Å²) in [5.74, 6) is 1.81. The molecule has 0 N–H and O–H groups in total. The van der Waals surface area contributed by atoms with Crippen LogP contribution >= 0.6 is 0 Å². The molecular formula is C23H36N2O2Si. The van der Waals surface area contributed by atoms with Gasteiger partial charge in [0.2, 0.25) is 11.8 Å². The number of benzene rings is 1. The van der Waals surface area contributed by atoms with Gasteiger partial charge in [-0.3, -0.25) is 0 Å². The van der Waals surface area contributed by atoms with Crippen molar-refractivity contribution in [3.8, 4) is 0 Å². The van der Waals surface area contributed by atoms with E-state index in [0.29, 0.717) is 19.1 Å². The van der Waals surface area contributed by atoms with Crippen LogP contribution in [0.15, 0.2) is 40.8 Å². The summed E-state index contributed by atoms with van der Waals surface area (Å²) in [6, 6.07) is 6.65. The second kappa shape index (κ2) is 10.6. The molecule has 0 unspecified atom stereocenters. The molecule has 28 heavy (non-hydrogen) atoms. The van der Waals surface area contributed by atoms with Gasteiger partial charge in [-0.15, -0.1) is 6.58 Å². The Morgan fingerprint density at radius 3 is 2.36 bits per heavy atom. The molecule has 154 valence electrons. The summed E-state index contributed by atoms with van der Waals surface area (Å²) >= 11 is 0. The molecule has 1 aromatic rings. The summed E-state index contributed by atoms with van der Waals surface area (Å²) in [5.41, 5.74) is 2.69. The minimum Gasteiger partial charge on any atom is -0.480 e. The van der Waals surface area contributed by atoms with Gasteiger partial charge in [-0.25, -0.2) is 9.98 Å². The maximum atomic E-state index is 5.92. The van der Waals surface area contributed by atoms with Crippen molar-refractivity contribution in [3.05, 3.63) is 42.0 Å². The summed E-state index contributed by atoms with van der Waals surface area (Å²) in [6.07, 6.45) is 3.67. The van der Waals surface area contributed by atoms with Gasteiger partial charge in [0.15, 0.2) is 0 Å². The van der Waals surface area contributed by atoms with Crippen LogP contribution in [-0.4, -0.2) is 45.9 Å². The highest BCUT2D eigenvalue weighted by atomic mass is 28.3. The van der Waals surface area contributed by atoms with Crippen LogP contribution < -0.4 is 5.19 Å². The monoisotopic (exact) mass is 400 g/mol. The lowest BCUT2D eigenvalue weighted by Crippen LogP contribution is -2.40. The van der Waals surface area contributed by atoms with E-state index in [9.17, 15) is 0 Å². The Bertz CT molecular complexity index is 725. The van der Waals surface area contributed by atoms with E-state index in [1.807, 2.05) is 19.9 Å². The second-order valence-corrected chi connectivity index (χ2v) is 10.8. The first kappa shape index (κ1) is 22.4. The number of hydrogen-bond acceptors (Lipinski definition) is 4. The molecule has 0 aromatic heterocycles. The number of rotatable bonds is 8. The Balaban J connectivity index is 2.38. The molecule has 1 aliphatic heterocycles. The van der Waals surface area contributed by atoms with Crippen molar-refractivity contribution in [1.29, 1.82) is 0 Å². The maximum Gasteiger partial charge on any atom is 0.210 e. The van der Waals surface area contributed by atoms with Crippen molar-refractivity contribution in [2.75, 3.05) is 13.2 Å². The smallest absolute Gasteiger partial charge is 0.210 e. The predicted octanol–water partition coefficient (Wildman–Crippen LogP) is 3.93. The predicted molar refractivity (Wildman–Crippen MR) is 123 cm³/mol. The van der Waals surface area contributed by atoms with E-state index in [2.05, 4.69) is 51.7 Å². The minimum absolute atomic E-state index is 0.0633. The molecule has 0 saturated carbocycles. The Labute approximate surface area is 172 Å². The number of nitrogens with zero attached hydrogens (tertiary/aromatic N) is 2. The van der Waals surface area contributed by atoms with Crippen LogP contribution in [-0.2, 0) is 22.3 Å². The zero-order chi connectivity index (χ0) is 20.7. The van der Waals surface area contributed by atoms with Gasteiger partial charge in [-0.05, 0) is 37.3 Å². The largest absolute Gasteiger partial charge is 0.480 e. The molecule has 0 radical (unpaired) electrons. The topological polar surface area (TPSA) is 43.2 Å². The Morgan fingerprint density at radius 2 is 1.79 bits per heavy atom. The number of allylic oxidation sites excluding steroid dienone is 1. The van der Waals surface area contributed by atoms with E-state index in [-0.39, 0.29) is 12.1 Å². The third kappa shape index (κ3) is 5.57. The van der Waals surface area contributed by atoms with Gasteiger partial charge < -0.3 is 9.47 Å². The van der Waals surface area contributed by atoms with Gasteiger partial charge in [0.25, 0.3) is 0 Å². The minimum atomic E-state index is -0.982. The molecule has 0 spiro atoms. The highest BCUT2D eigenvalue weighted by molar-refractivity contribution is 6.71. The Morgan fingerprint density at radius 1 is 1.11 bits per heavy atom. The maximum absolute atomic E-state index is 5.92. The van der Waals surface area contributed by atoms with Crippen LogP contribution in [0.25, 0.3) is 0 Å². The molecule has 1 aliphatic rings. The van der Waals surface area contributed by atoms with E-state index in [4.69, 9.17) is 19.5 Å². The van der Waals surface area contributed by atoms with Crippen molar-refractivity contribution in [1.82, 2.24) is 0 Å². The SMILES string of the molecule is C=CCc1ccc(C[C@@H]2N=C(OCC)[C@@H](C(C)C)N=C2OCC)c([SiH](C)C)c1. The summed E-state index contributed by atoms with van der Waals surface area (Å²) in [5, 5.41) is 1.49. The van der Waals surface area contributed by atoms with E-state index in [1.165, 1.54) is 16.3 Å². The Kier molecular flexibility index (Phi) is 8.49. The fourth-order valence-corrected chi connectivity index (χ4v) is 5.06. The molecule has 0 amide bonds.